The van der Waals surface area contributed by atoms with Crippen molar-refractivity contribution in [1.29, 1.82) is 0 Å². The van der Waals surface area contributed by atoms with E-state index >= 15 is 0 Å². The minimum Gasteiger partial charge on any atom is -0.490 e. The lowest BCUT2D eigenvalue weighted by Crippen LogP contribution is -2.37. The van der Waals surface area contributed by atoms with Gasteiger partial charge in [-0.3, -0.25) is 9.36 Å². The average molecular weight is 534 g/mol. The van der Waals surface area contributed by atoms with E-state index in [0.717, 1.165) is 36.2 Å². The van der Waals surface area contributed by atoms with Crippen LogP contribution in [0.25, 0.3) is 22.2 Å². The molecule has 2 N–H and O–H groups in total. The summed E-state index contributed by atoms with van der Waals surface area (Å²) in [4.78, 5) is 46.7. The van der Waals surface area contributed by atoms with Crippen molar-refractivity contribution in [1.82, 2.24) is 39.3 Å². The van der Waals surface area contributed by atoms with Crippen molar-refractivity contribution in [3.63, 3.8) is 0 Å². The van der Waals surface area contributed by atoms with Crippen molar-refractivity contribution in [2.75, 3.05) is 51.8 Å². The Kier molecular flexibility index (Phi) is 6.71. The van der Waals surface area contributed by atoms with E-state index < -0.39 is 0 Å². The third kappa shape index (κ3) is 4.96. The second-order valence-corrected chi connectivity index (χ2v) is 10.8. The molecule has 0 unspecified atom stereocenters. The summed E-state index contributed by atoms with van der Waals surface area (Å²) in [6.45, 7) is 3.43. The number of nitrogens with one attached hydrogen (secondary N) is 2. The Bertz CT molecular complexity index is 1560. The summed E-state index contributed by atoms with van der Waals surface area (Å²) < 4.78 is 9.58. The number of likely N-dealkylation sites (N-methyl/N-ethyl adjacent to an activating group) is 1. The van der Waals surface area contributed by atoms with E-state index in [1.807, 2.05) is 43.9 Å². The van der Waals surface area contributed by atoms with E-state index in [2.05, 4.69) is 35.1 Å². The second kappa shape index (κ2) is 10.3. The first kappa shape index (κ1) is 25.4. The van der Waals surface area contributed by atoms with Crippen molar-refractivity contribution in [3.05, 3.63) is 40.8 Å². The van der Waals surface area contributed by atoms with E-state index in [9.17, 15) is 9.59 Å². The van der Waals surface area contributed by atoms with Crippen molar-refractivity contribution in [3.8, 4) is 5.75 Å². The number of aryl methyl sites for hydroxylation is 1. The maximum absolute atomic E-state index is 13.1. The summed E-state index contributed by atoms with van der Waals surface area (Å²) in [6.07, 6.45) is 5.41. The zero-order chi connectivity index (χ0) is 27.1. The van der Waals surface area contributed by atoms with Crippen LogP contribution < -0.4 is 20.6 Å². The molecule has 6 rings (SSSR count). The highest BCUT2D eigenvalue weighted by Gasteiger charge is 2.28. The van der Waals surface area contributed by atoms with Gasteiger partial charge < -0.3 is 29.4 Å². The van der Waals surface area contributed by atoms with Gasteiger partial charge >= 0.3 is 5.69 Å². The predicted octanol–water partition coefficient (Wildman–Crippen LogP) is 1.93. The molecule has 0 atom stereocenters. The molecule has 3 aromatic heterocycles. The topological polar surface area (TPSA) is 126 Å². The third-order valence-corrected chi connectivity index (χ3v) is 7.73. The van der Waals surface area contributed by atoms with Crippen LogP contribution in [0.1, 0.15) is 42.3 Å². The summed E-state index contributed by atoms with van der Waals surface area (Å²) in [5.74, 6) is 2.16. The van der Waals surface area contributed by atoms with Gasteiger partial charge in [0.15, 0.2) is 17.0 Å². The van der Waals surface area contributed by atoms with Gasteiger partial charge in [0.25, 0.3) is 5.91 Å². The summed E-state index contributed by atoms with van der Waals surface area (Å²) in [5.41, 5.74) is 2.73. The van der Waals surface area contributed by atoms with Gasteiger partial charge in [0.05, 0.1) is 5.52 Å². The molecule has 1 aromatic carbocycles. The number of anilines is 1. The number of amides is 1. The Morgan fingerprint density at radius 3 is 2.72 bits per heavy atom. The molecule has 0 spiro atoms. The summed E-state index contributed by atoms with van der Waals surface area (Å²) in [7, 11) is 5.81. The molecule has 1 saturated carbocycles. The van der Waals surface area contributed by atoms with Crippen molar-refractivity contribution in [2.24, 2.45) is 13.0 Å². The number of rotatable bonds is 9. The number of fused-ring (bicyclic) bond motifs is 2. The van der Waals surface area contributed by atoms with Crippen LogP contribution in [0.4, 0.5) is 5.82 Å². The molecule has 1 aliphatic heterocycles. The fourth-order valence-corrected chi connectivity index (χ4v) is 5.34. The van der Waals surface area contributed by atoms with Gasteiger partial charge in [0.2, 0.25) is 5.82 Å². The Balaban J connectivity index is 1.20. The van der Waals surface area contributed by atoms with Crippen LogP contribution in [0.3, 0.4) is 0 Å². The summed E-state index contributed by atoms with van der Waals surface area (Å²) >= 11 is 0. The van der Waals surface area contributed by atoms with Crippen LogP contribution in [0.15, 0.2) is 29.3 Å². The number of carbonyl (C=O) groups excluding carboxylic acids is 1. The minimum atomic E-state index is -0.184. The van der Waals surface area contributed by atoms with Gasteiger partial charge in [-0.2, -0.15) is 0 Å². The number of aromatic amines is 1. The number of hydrogen-bond acceptors (Lipinski definition) is 8. The number of aromatic nitrogens is 6. The number of ether oxygens (including phenoxy) is 1. The molecule has 1 saturated heterocycles. The highest BCUT2D eigenvalue weighted by Crippen LogP contribution is 2.32. The van der Waals surface area contributed by atoms with Crippen molar-refractivity contribution >= 4 is 33.9 Å². The van der Waals surface area contributed by atoms with Crippen LogP contribution in [0.5, 0.6) is 5.75 Å². The predicted molar refractivity (Wildman–Crippen MR) is 148 cm³/mol. The van der Waals surface area contributed by atoms with E-state index in [4.69, 9.17) is 4.74 Å². The summed E-state index contributed by atoms with van der Waals surface area (Å²) in [5, 5.41) is 2.99. The van der Waals surface area contributed by atoms with Gasteiger partial charge in [-0.05, 0) is 57.8 Å². The summed E-state index contributed by atoms with van der Waals surface area (Å²) in [6, 6.07) is 5.85. The number of piperidine rings is 1. The number of para-hydroxylation sites is 1. The molecule has 2 aliphatic rings. The first-order valence-electron chi connectivity index (χ1n) is 13.6. The zero-order valence-corrected chi connectivity index (χ0v) is 22.7. The molecular weight excluding hydrogens is 498 g/mol. The van der Waals surface area contributed by atoms with E-state index in [1.165, 1.54) is 19.2 Å². The minimum absolute atomic E-state index is 0.0457. The van der Waals surface area contributed by atoms with Crippen LogP contribution in [-0.2, 0) is 7.05 Å². The molecule has 1 amide bonds. The second-order valence-electron chi connectivity index (χ2n) is 10.8. The van der Waals surface area contributed by atoms with Gasteiger partial charge in [-0.15, -0.1) is 0 Å². The van der Waals surface area contributed by atoms with Gasteiger partial charge in [-0.25, -0.2) is 19.7 Å². The Labute approximate surface area is 226 Å². The number of hydrogen-bond donors (Lipinski definition) is 2. The Morgan fingerprint density at radius 2 is 1.97 bits per heavy atom. The first-order chi connectivity index (χ1) is 18.9. The third-order valence-electron chi connectivity index (χ3n) is 7.73. The molecule has 1 aliphatic carbocycles. The van der Waals surface area contributed by atoms with E-state index in [1.54, 1.807) is 4.57 Å². The number of H-pyrrole nitrogens is 1. The smallest absolute Gasteiger partial charge is 0.326 e. The number of benzene rings is 1. The molecule has 4 aromatic rings. The lowest BCUT2D eigenvalue weighted by Gasteiger charge is -2.33. The van der Waals surface area contributed by atoms with Crippen molar-refractivity contribution in [2.45, 2.75) is 31.7 Å². The van der Waals surface area contributed by atoms with E-state index in [0.29, 0.717) is 54.9 Å². The van der Waals surface area contributed by atoms with Crippen LogP contribution in [0.2, 0.25) is 0 Å². The maximum atomic E-state index is 13.1. The zero-order valence-electron chi connectivity index (χ0n) is 22.7. The molecule has 206 valence electrons. The number of carbonyl (C=O) groups is 1. The molecule has 4 heterocycles. The van der Waals surface area contributed by atoms with Crippen LogP contribution >= 0.6 is 0 Å². The highest BCUT2D eigenvalue weighted by atomic mass is 16.5. The molecule has 0 radical (unpaired) electrons. The molecule has 12 heteroatoms. The molecule has 2 fully saturated rings. The number of imidazole rings is 2. The average Bonchev–Trinajstić information content (AvgIpc) is 3.61. The standard InChI is InChI=1S/C27H35N9O3/c1-33(2)13-14-39-20-6-4-5-19-21(20)32-27(38)36(19)18-9-11-35(12-10-18)24-22-23(29-16-30-24)34(3)25(31-22)26(37)28-15-17-7-8-17/h4-6,16-18H,7-15H2,1-3H3,(H,28,37)(H,32,38). The lowest BCUT2D eigenvalue weighted by molar-refractivity contribution is 0.0938. The molecule has 12 nitrogen and oxygen atoms in total. The van der Waals surface area contributed by atoms with E-state index in [-0.39, 0.29) is 17.6 Å². The van der Waals surface area contributed by atoms with Gasteiger partial charge in [0, 0.05) is 39.3 Å². The highest BCUT2D eigenvalue weighted by molar-refractivity contribution is 5.96. The molecule has 0 bridgehead atoms. The SMILES string of the molecule is CN(C)CCOc1cccc2c1[nH]c(=O)n2C1CCN(c2ncnc3c2nc(C(=O)NCC2CC2)n3C)CC1. The fourth-order valence-electron chi connectivity index (χ4n) is 5.34. The first-order valence-corrected chi connectivity index (χ1v) is 13.6. The molecular formula is C27H35N9O3. The fraction of sp³-hybridized carbons (Fsp3) is 0.519. The quantitative estimate of drug-likeness (QED) is 0.334. The lowest BCUT2D eigenvalue weighted by atomic mass is 10.0. The van der Waals surface area contributed by atoms with Gasteiger partial charge in [-0.1, -0.05) is 6.07 Å². The Morgan fingerprint density at radius 1 is 1.18 bits per heavy atom. The normalized spacial score (nSPS) is 16.5. The van der Waals surface area contributed by atoms with Gasteiger partial charge in [0.1, 0.15) is 24.2 Å². The largest absolute Gasteiger partial charge is 0.490 e. The van der Waals surface area contributed by atoms with Crippen LogP contribution in [0, 0.1) is 5.92 Å². The maximum Gasteiger partial charge on any atom is 0.326 e. The number of nitrogens with zero attached hydrogens (tertiary/aromatic N) is 7. The Hall–Kier alpha value is -3.93. The molecule has 39 heavy (non-hydrogen) atoms. The van der Waals surface area contributed by atoms with Crippen LogP contribution in [-0.4, -0.2) is 86.8 Å². The monoisotopic (exact) mass is 533 g/mol. The van der Waals surface area contributed by atoms with Crippen molar-refractivity contribution < 1.29 is 9.53 Å².